The Balaban J connectivity index is 1.73. The van der Waals surface area contributed by atoms with Crippen LogP contribution in [0, 0.1) is 0 Å². The summed E-state index contributed by atoms with van der Waals surface area (Å²) < 4.78 is 0. The normalized spacial score (nSPS) is 17.4. The van der Waals surface area contributed by atoms with Gasteiger partial charge in [0.2, 0.25) is 0 Å². The lowest BCUT2D eigenvalue weighted by Gasteiger charge is -2.34. The molecule has 2 heterocycles. The second kappa shape index (κ2) is 8.02. The molecule has 0 saturated carbocycles. The molecule has 1 aliphatic rings. The van der Waals surface area contributed by atoms with Crippen molar-refractivity contribution in [2.45, 2.75) is 38.6 Å². The predicted molar refractivity (Wildman–Crippen MR) is 101 cm³/mol. The fraction of sp³-hybridized carbons (Fsp3) is 0.389. The van der Waals surface area contributed by atoms with E-state index in [-0.39, 0.29) is 5.91 Å². The van der Waals surface area contributed by atoms with Gasteiger partial charge in [-0.1, -0.05) is 30.1 Å². The molecule has 1 aromatic carbocycles. The number of amides is 1. The van der Waals surface area contributed by atoms with E-state index in [2.05, 4.69) is 22.2 Å². The molecule has 7 heteroatoms. The Morgan fingerprint density at radius 1 is 1.28 bits per heavy atom. The Morgan fingerprint density at radius 3 is 2.84 bits per heavy atom. The van der Waals surface area contributed by atoms with Crippen molar-refractivity contribution in [3.8, 4) is 0 Å². The lowest BCUT2D eigenvalue weighted by molar-refractivity contribution is 0.0601. The van der Waals surface area contributed by atoms with Gasteiger partial charge in [0.25, 0.3) is 5.91 Å². The number of anilines is 2. The van der Waals surface area contributed by atoms with E-state index in [1.807, 2.05) is 4.90 Å². The van der Waals surface area contributed by atoms with Crippen LogP contribution in [0.4, 0.5) is 11.5 Å². The molecule has 3 rings (SSSR count). The number of rotatable bonds is 4. The molecular weight excluding hydrogens is 359 g/mol. The van der Waals surface area contributed by atoms with Gasteiger partial charge in [-0.2, -0.15) is 0 Å². The Hall–Kier alpha value is -1.85. The zero-order chi connectivity index (χ0) is 17.8. The van der Waals surface area contributed by atoms with E-state index < -0.39 is 0 Å². The average molecular weight is 379 g/mol. The molecule has 1 aromatic heterocycles. The van der Waals surface area contributed by atoms with E-state index in [1.165, 1.54) is 18.8 Å². The first-order chi connectivity index (χ1) is 12.1. The van der Waals surface area contributed by atoms with Crippen LogP contribution in [-0.2, 0) is 0 Å². The van der Waals surface area contributed by atoms with Gasteiger partial charge in [0.1, 0.15) is 11.5 Å². The average Bonchev–Trinajstić information content (AvgIpc) is 2.64. The minimum Gasteiger partial charge on any atom is -0.338 e. The topological polar surface area (TPSA) is 58.1 Å². The number of benzene rings is 1. The fourth-order valence-electron chi connectivity index (χ4n) is 3.07. The summed E-state index contributed by atoms with van der Waals surface area (Å²) in [6, 6.07) is 5.43. The number of carbonyl (C=O) groups is 1. The summed E-state index contributed by atoms with van der Waals surface area (Å²) in [5.41, 5.74) is 1.01. The molecule has 1 saturated heterocycles. The summed E-state index contributed by atoms with van der Waals surface area (Å²) in [6.45, 7) is 2.90. The molecule has 0 radical (unpaired) electrons. The summed E-state index contributed by atoms with van der Waals surface area (Å²) in [7, 11) is 0. The molecule has 1 atom stereocenters. The van der Waals surface area contributed by atoms with Crippen molar-refractivity contribution in [3.63, 3.8) is 0 Å². The maximum atomic E-state index is 12.7. The summed E-state index contributed by atoms with van der Waals surface area (Å²) in [5, 5.41) is 4.17. The largest absolute Gasteiger partial charge is 0.338 e. The van der Waals surface area contributed by atoms with Gasteiger partial charge in [0, 0.05) is 17.6 Å². The molecule has 1 amide bonds. The number of aromatic nitrogens is 2. The number of piperidine rings is 1. The molecular formula is C18H20Cl2N4O. The van der Waals surface area contributed by atoms with Gasteiger partial charge < -0.3 is 10.2 Å². The number of hydrogen-bond acceptors (Lipinski definition) is 4. The van der Waals surface area contributed by atoms with E-state index in [0.29, 0.717) is 33.3 Å². The summed E-state index contributed by atoms with van der Waals surface area (Å²) >= 11 is 12.1. The number of carbonyl (C=O) groups excluding carboxylic acids is 1. The summed E-state index contributed by atoms with van der Waals surface area (Å²) in [4.78, 5) is 23.2. The molecule has 0 spiro atoms. The molecule has 5 nitrogen and oxygen atoms in total. The smallest absolute Gasteiger partial charge is 0.274 e. The zero-order valence-corrected chi connectivity index (χ0v) is 15.5. The monoisotopic (exact) mass is 378 g/mol. The van der Waals surface area contributed by atoms with Gasteiger partial charge >= 0.3 is 0 Å². The highest BCUT2D eigenvalue weighted by molar-refractivity contribution is 6.35. The second-order valence-electron chi connectivity index (χ2n) is 6.09. The minimum atomic E-state index is -0.0496. The molecule has 1 fully saturated rings. The molecule has 1 aliphatic heterocycles. The van der Waals surface area contributed by atoms with Crippen LogP contribution in [0.1, 0.15) is 43.1 Å². The van der Waals surface area contributed by atoms with E-state index >= 15 is 0 Å². The summed E-state index contributed by atoms with van der Waals surface area (Å²) in [6.07, 6.45) is 7.29. The van der Waals surface area contributed by atoms with Gasteiger partial charge in [0.15, 0.2) is 0 Å². The quantitative estimate of drug-likeness (QED) is 0.818. The second-order valence-corrected chi connectivity index (χ2v) is 6.94. The van der Waals surface area contributed by atoms with Crippen LogP contribution in [0.2, 0.25) is 10.0 Å². The highest BCUT2D eigenvalue weighted by Gasteiger charge is 2.27. The lowest BCUT2D eigenvalue weighted by Crippen LogP contribution is -2.43. The summed E-state index contributed by atoms with van der Waals surface area (Å²) in [5.74, 6) is 0.456. The Morgan fingerprint density at radius 2 is 2.12 bits per heavy atom. The van der Waals surface area contributed by atoms with Crippen LogP contribution >= 0.6 is 23.2 Å². The van der Waals surface area contributed by atoms with Gasteiger partial charge in [-0.3, -0.25) is 4.79 Å². The van der Waals surface area contributed by atoms with E-state index in [9.17, 15) is 4.79 Å². The van der Waals surface area contributed by atoms with Crippen molar-refractivity contribution in [2.75, 3.05) is 11.9 Å². The molecule has 1 N–H and O–H groups in total. The third-order valence-corrected chi connectivity index (χ3v) is 4.99. The fourth-order valence-corrected chi connectivity index (χ4v) is 3.41. The first-order valence-electron chi connectivity index (χ1n) is 8.43. The number of likely N-dealkylation sites (tertiary alicyclic amines) is 1. The highest BCUT2D eigenvalue weighted by atomic mass is 35.5. The Bertz CT molecular complexity index is 751. The number of nitrogens with one attached hydrogen (secondary N) is 1. The van der Waals surface area contributed by atoms with Crippen molar-refractivity contribution in [3.05, 3.63) is 46.3 Å². The standard InChI is InChI=1S/C18H20Cl2N4O/c1-2-13-5-3-4-8-24(13)18(25)16-10-22-17(11-21-16)23-15-9-12(19)6-7-14(15)20/h6-7,9-11,13H,2-5,8H2,1H3,(H,22,23). The van der Waals surface area contributed by atoms with Crippen LogP contribution in [0.25, 0.3) is 0 Å². The Labute approximate surface area is 157 Å². The van der Waals surface area contributed by atoms with E-state index in [4.69, 9.17) is 23.2 Å². The van der Waals surface area contributed by atoms with Crippen LogP contribution in [0.3, 0.4) is 0 Å². The zero-order valence-electron chi connectivity index (χ0n) is 14.0. The van der Waals surface area contributed by atoms with Crippen molar-refractivity contribution < 1.29 is 4.79 Å². The highest BCUT2D eigenvalue weighted by Crippen LogP contribution is 2.27. The molecule has 0 bridgehead atoms. The van der Waals surface area contributed by atoms with Gasteiger partial charge in [-0.05, 0) is 43.9 Å². The molecule has 2 aromatic rings. The molecule has 1 unspecified atom stereocenters. The maximum absolute atomic E-state index is 12.7. The van der Waals surface area contributed by atoms with Crippen molar-refractivity contribution >= 4 is 40.6 Å². The Kier molecular flexibility index (Phi) is 5.76. The number of nitrogens with zero attached hydrogens (tertiary/aromatic N) is 3. The minimum absolute atomic E-state index is 0.0496. The number of hydrogen-bond donors (Lipinski definition) is 1. The van der Waals surface area contributed by atoms with Gasteiger partial charge in [-0.25, -0.2) is 9.97 Å². The van der Waals surface area contributed by atoms with Crippen LogP contribution in [0.15, 0.2) is 30.6 Å². The SMILES string of the molecule is CCC1CCCCN1C(=O)c1cnc(Nc2cc(Cl)ccc2Cl)cn1. The van der Waals surface area contributed by atoms with E-state index in [1.54, 1.807) is 18.2 Å². The van der Waals surface area contributed by atoms with Crippen LogP contribution < -0.4 is 5.32 Å². The van der Waals surface area contributed by atoms with Gasteiger partial charge in [0.05, 0.1) is 23.1 Å². The van der Waals surface area contributed by atoms with Crippen LogP contribution in [0.5, 0.6) is 0 Å². The molecule has 0 aliphatic carbocycles. The van der Waals surface area contributed by atoms with E-state index in [0.717, 1.165) is 25.8 Å². The predicted octanol–water partition coefficient (Wildman–Crippen LogP) is 4.93. The maximum Gasteiger partial charge on any atom is 0.274 e. The van der Waals surface area contributed by atoms with Crippen LogP contribution in [-0.4, -0.2) is 33.4 Å². The molecule has 132 valence electrons. The first-order valence-corrected chi connectivity index (χ1v) is 9.19. The molecule has 25 heavy (non-hydrogen) atoms. The first kappa shape index (κ1) is 18.0. The third kappa shape index (κ3) is 4.22. The number of halogens is 2. The van der Waals surface area contributed by atoms with Crippen molar-refractivity contribution in [2.24, 2.45) is 0 Å². The van der Waals surface area contributed by atoms with Crippen molar-refractivity contribution in [1.29, 1.82) is 0 Å². The lowest BCUT2D eigenvalue weighted by atomic mass is 10.00. The van der Waals surface area contributed by atoms with Crippen molar-refractivity contribution in [1.82, 2.24) is 14.9 Å². The third-order valence-electron chi connectivity index (χ3n) is 4.42. The van der Waals surface area contributed by atoms with Gasteiger partial charge in [-0.15, -0.1) is 0 Å².